The molecule has 0 spiro atoms. The minimum Gasteiger partial charge on any atom is -0.288 e. The number of H-pyrrole nitrogens is 1. The Morgan fingerprint density at radius 1 is 1.31 bits per heavy atom. The lowest BCUT2D eigenvalue weighted by atomic mass is 10.0. The number of hydrogen-bond donors (Lipinski definition) is 1. The number of benzene rings is 1. The number of alkyl halides is 2. The highest BCUT2D eigenvalue weighted by molar-refractivity contribution is 6.00. The second-order valence-corrected chi connectivity index (χ2v) is 6.57. The molecule has 0 amide bonds. The van der Waals surface area contributed by atoms with E-state index in [-0.39, 0.29) is 18.7 Å². The maximum Gasteiger partial charge on any atom is 0.335 e. The van der Waals surface area contributed by atoms with Crippen molar-refractivity contribution < 1.29 is 8.78 Å². The standard InChI is InChI=1S/C20H19F2N7/c1-13-7-8-17(20(21,22)19-24-27-28-25-19)9-10-29(26-15(13)3)12-18-14(2)5-4-6-16(18)11-23/h4-9H,1,10,12H2,2-3H3,(H,24,25,27,28)/b8-7-,17-9+,26-15?. The van der Waals surface area contributed by atoms with Crippen LogP contribution in [0.1, 0.15) is 29.4 Å². The normalized spacial score (nSPS) is 18.0. The van der Waals surface area contributed by atoms with Crippen molar-refractivity contribution in [3.8, 4) is 6.07 Å². The quantitative estimate of drug-likeness (QED) is 0.856. The van der Waals surface area contributed by atoms with Crippen LogP contribution >= 0.6 is 0 Å². The van der Waals surface area contributed by atoms with E-state index >= 15 is 0 Å². The molecule has 3 rings (SSSR count). The molecule has 1 N–H and O–H groups in total. The number of tetrazole rings is 1. The Balaban J connectivity index is 1.98. The Bertz CT molecular complexity index is 1040. The molecule has 0 radical (unpaired) electrons. The molecule has 0 fully saturated rings. The summed E-state index contributed by atoms with van der Waals surface area (Å²) in [4.78, 5) is 0. The van der Waals surface area contributed by atoms with E-state index in [1.807, 2.05) is 13.0 Å². The molecule has 9 heteroatoms. The fraction of sp³-hybridized carbons (Fsp3) is 0.250. The average Bonchev–Trinajstić information content (AvgIpc) is 3.25. The van der Waals surface area contributed by atoms with E-state index in [1.165, 1.54) is 18.2 Å². The summed E-state index contributed by atoms with van der Waals surface area (Å²) in [6.45, 7) is 7.93. The molecular weight excluding hydrogens is 376 g/mol. The van der Waals surface area contributed by atoms with E-state index in [1.54, 1.807) is 24.1 Å². The van der Waals surface area contributed by atoms with Gasteiger partial charge in [-0.25, -0.2) is 0 Å². The van der Waals surface area contributed by atoms with Gasteiger partial charge in [0.2, 0.25) is 5.82 Å². The van der Waals surface area contributed by atoms with E-state index in [0.29, 0.717) is 16.8 Å². The Hall–Kier alpha value is -3.67. The van der Waals surface area contributed by atoms with Gasteiger partial charge < -0.3 is 0 Å². The van der Waals surface area contributed by atoms with Crippen molar-refractivity contribution >= 4 is 5.71 Å². The fourth-order valence-electron chi connectivity index (χ4n) is 2.86. The summed E-state index contributed by atoms with van der Waals surface area (Å²) in [7, 11) is 0. The van der Waals surface area contributed by atoms with Gasteiger partial charge in [-0.05, 0) is 41.8 Å². The number of aromatic nitrogens is 4. The van der Waals surface area contributed by atoms with Gasteiger partial charge >= 0.3 is 5.92 Å². The first-order chi connectivity index (χ1) is 13.8. The van der Waals surface area contributed by atoms with Gasteiger partial charge in [0, 0.05) is 5.57 Å². The predicted octanol–water partition coefficient (Wildman–Crippen LogP) is 3.40. The van der Waals surface area contributed by atoms with Crippen LogP contribution in [-0.2, 0) is 12.5 Å². The minimum atomic E-state index is -3.44. The van der Waals surface area contributed by atoms with Crippen LogP contribution in [0.25, 0.3) is 0 Å². The Morgan fingerprint density at radius 2 is 2.10 bits per heavy atom. The van der Waals surface area contributed by atoms with Crippen LogP contribution in [-0.4, -0.2) is 37.9 Å². The first-order valence-corrected chi connectivity index (χ1v) is 8.81. The predicted molar refractivity (Wildman–Crippen MR) is 104 cm³/mol. The lowest BCUT2D eigenvalue weighted by Gasteiger charge is -2.21. The highest BCUT2D eigenvalue weighted by Crippen LogP contribution is 2.34. The molecule has 1 aliphatic heterocycles. The van der Waals surface area contributed by atoms with Crippen molar-refractivity contribution in [3.63, 3.8) is 0 Å². The third-order valence-electron chi connectivity index (χ3n) is 4.60. The second-order valence-electron chi connectivity index (χ2n) is 6.57. The molecule has 1 aromatic heterocycles. The topological polar surface area (TPSA) is 93.9 Å². The minimum absolute atomic E-state index is 0.0942. The summed E-state index contributed by atoms with van der Waals surface area (Å²) in [6.07, 6.45) is 4.14. The van der Waals surface area contributed by atoms with Crippen molar-refractivity contribution in [1.29, 1.82) is 5.26 Å². The van der Waals surface area contributed by atoms with Gasteiger partial charge in [-0.15, -0.1) is 10.2 Å². The molecule has 2 heterocycles. The summed E-state index contributed by atoms with van der Waals surface area (Å²) >= 11 is 0. The number of halogens is 2. The van der Waals surface area contributed by atoms with Gasteiger partial charge in [-0.1, -0.05) is 36.9 Å². The zero-order chi connectivity index (χ0) is 21.0. The van der Waals surface area contributed by atoms with Gasteiger partial charge in [-0.2, -0.15) is 24.4 Å². The van der Waals surface area contributed by atoms with Crippen LogP contribution in [0.2, 0.25) is 0 Å². The largest absolute Gasteiger partial charge is 0.335 e. The first-order valence-electron chi connectivity index (χ1n) is 8.81. The van der Waals surface area contributed by atoms with Gasteiger partial charge in [0.25, 0.3) is 0 Å². The number of hydrogen-bond acceptors (Lipinski definition) is 6. The fourth-order valence-corrected chi connectivity index (χ4v) is 2.86. The van der Waals surface area contributed by atoms with Gasteiger partial charge in [-0.3, -0.25) is 5.01 Å². The molecular formula is C20H19F2N7. The maximum absolute atomic E-state index is 14.8. The highest BCUT2D eigenvalue weighted by atomic mass is 19.3. The molecule has 0 bridgehead atoms. The van der Waals surface area contributed by atoms with Crippen molar-refractivity contribution in [2.75, 3.05) is 6.54 Å². The number of nitriles is 1. The van der Waals surface area contributed by atoms with Crippen LogP contribution in [0.4, 0.5) is 8.78 Å². The van der Waals surface area contributed by atoms with E-state index in [0.717, 1.165) is 11.1 Å². The lowest BCUT2D eigenvalue weighted by molar-refractivity contribution is 0.0314. The number of nitrogens with zero attached hydrogens (tertiary/aromatic N) is 6. The van der Waals surface area contributed by atoms with Crippen molar-refractivity contribution in [2.24, 2.45) is 5.10 Å². The van der Waals surface area contributed by atoms with Crippen LogP contribution in [0.3, 0.4) is 0 Å². The number of nitrogens with one attached hydrogen (secondary N) is 1. The molecule has 0 aliphatic carbocycles. The zero-order valence-electron chi connectivity index (χ0n) is 16.0. The van der Waals surface area contributed by atoms with E-state index in [9.17, 15) is 14.0 Å². The van der Waals surface area contributed by atoms with Gasteiger partial charge in [0.05, 0.1) is 30.4 Å². The number of aryl methyl sites for hydroxylation is 1. The monoisotopic (exact) mass is 395 g/mol. The Kier molecular flexibility index (Phi) is 5.64. The third kappa shape index (κ3) is 4.27. The van der Waals surface area contributed by atoms with Crippen molar-refractivity contribution in [1.82, 2.24) is 25.6 Å². The zero-order valence-corrected chi connectivity index (χ0v) is 16.0. The smallest absolute Gasteiger partial charge is 0.288 e. The molecule has 2 aromatic rings. The molecule has 1 aliphatic rings. The molecule has 0 atom stereocenters. The molecule has 0 unspecified atom stereocenters. The maximum atomic E-state index is 14.8. The van der Waals surface area contributed by atoms with Gasteiger partial charge in [0.15, 0.2) is 0 Å². The summed E-state index contributed by atoms with van der Waals surface area (Å²) in [5, 5.41) is 27.7. The average molecular weight is 395 g/mol. The Morgan fingerprint density at radius 3 is 2.79 bits per heavy atom. The van der Waals surface area contributed by atoms with Crippen molar-refractivity contribution in [3.05, 3.63) is 76.7 Å². The molecule has 0 saturated carbocycles. The van der Waals surface area contributed by atoms with Crippen LogP contribution in [0.5, 0.6) is 0 Å². The third-order valence-corrected chi connectivity index (χ3v) is 4.60. The SMILES string of the molecule is C=C1/C=C\C(C(F)(F)c2nn[nH]n2)=C/CN(Cc2c(C)cccc2C#N)N=C1C. The van der Waals surface area contributed by atoms with E-state index < -0.39 is 11.7 Å². The summed E-state index contributed by atoms with van der Waals surface area (Å²) in [5.74, 6) is -4.15. The second kappa shape index (κ2) is 8.14. The number of rotatable bonds is 4. The highest BCUT2D eigenvalue weighted by Gasteiger charge is 2.40. The van der Waals surface area contributed by atoms with E-state index in [4.69, 9.17) is 0 Å². The molecule has 148 valence electrons. The van der Waals surface area contributed by atoms with Gasteiger partial charge in [0.1, 0.15) is 0 Å². The molecule has 7 nitrogen and oxygen atoms in total. The molecule has 1 aromatic carbocycles. The first kappa shape index (κ1) is 20.1. The van der Waals surface area contributed by atoms with Crippen LogP contribution in [0.15, 0.2) is 59.3 Å². The summed E-state index contributed by atoms with van der Waals surface area (Å²) < 4.78 is 29.7. The number of allylic oxidation sites excluding steroid dienone is 4. The molecule has 29 heavy (non-hydrogen) atoms. The Labute approximate surface area is 166 Å². The van der Waals surface area contributed by atoms with Crippen LogP contribution < -0.4 is 0 Å². The lowest BCUT2D eigenvalue weighted by Crippen LogP contribution is -2.22. The summed E-state index contributed by atoms with van der Waals surface area (Å²) in [6, 6.07) is 7.60. The number of hydrazone groups is 1. The number of aromatic amines is 1. The molecule has 0 saturated heterocycles. The van der Waals surface area contributed by atoms with Crippen molar-refractivity contribution in [2.45, 2.75) is 26.3 Å². The van der Waals surface area contributed by atoms with E-state index in [2.05, 4.69) is 38.4 Å². The van der Waals surface area contributed by atoms with Crippen LogP contribution in [0, 0.1) is 18.3 Å². The summed E-state index contributed by atoms with van der Waals surface area (Å²) in [5.41, 5.74) is 3.04.